The van der Waals surface area contributed by atoms with Gasteiger partial charge in [-0.15, -0.1) is 0 Å². The quantitative estimate of drug-likeness (QED) is 0.529. The Hall–Kier alpha value is -3.95. The molecule has 2 aliphatic heterocycles. The Balaban J connectivity index is 1.60. The van der Waals surface area contributed by atoms with Crippen molar-refractivity contribution in [1.82, 2.24) is 15.1 Å². The average Bonchev–Trinajstić information content (AvgIpc) is 3.56. The van der Waals surface area contributed by atoms with Crippen molar-refractivity contribution in [2.45, 2.75) is 56.3 Å². The molecule has 192 valence electrons. The van der Waals surface area contributed by atoms with Crippen LogP contribution in [0.1, 0.15) is 32.6 Å². The number of hydrogen-bond acceptors (Lipinski definition) is 6. The van der Waals surface area contributed by atoms with Crippen molar-refractivity contribution in [3.8, 4) is 11.8 Å². The lowest BCUT2D eigenvalue weighted by atomic mass is 9.97. The lowest BCUT2D eigenvalue weighted by molar-refractivity contribution is -0.146. The second kappa shape index (κ2) is 9.25. The maximum Gasteiger partial charge on any atom is 0.405 e. The Morgan fingerprint density at radius 1 is 1.39 bits per heavy atom. The molecule has 11 nitrogen and oxygen atoms in total. The van der Waals surface area contributed by atoms with Crippen LogP contribution in [0.25, 0.3) is 0 Å². The molecule has 0 bridgehead atoms. The Kier molecular flexibility index (Phi) is 6.46. The lowest BCUT2D eigenvalue weighted by Crippen LogP contribution is -2.57. The molecule has 13 heteroatoms. The number of amides is 4. The van der Waals surface area contributed by atoms with Gasteiger partial charge in [-0.1, -0.05) is 12.8 Å². The predicted octanol–water partition coefficient (Wildman–Crippen LogP) is 1.44. The molecule has 0 radical (unpaired) electrons. The first-order valence-electron chi connectivity index (χ1n) is 11.4. The molecule has 1 aliphatic carbocycles. The fourth-order valence-electron chi connectivity index (χ4n) is 4.69. The van der Waals surface area contributed by atoms with E-state index >= 15 is 0 Å². The fourth-order valence-corrected chi connectivity index (χ4v) is 4.69. The van der Waals surface area contributed by atoms with Crippen LogP contribution in [0.3, 0.4) is 0 Å². The normalized spacial score (nSPS) is 24.1. The summed E-state index contributed by atoms with van der Waals surface area (Å²) in [4.78, 5) is 52.8. The van der Waals surface area contributed by atoms with Gasteiger partial charge in [0.15, 0.2) is 11.6 Å². The first-order valence-corrected chi connectivity index (χ1v) is 11.4. The highest BCUT2D eigenvalue weighted by Gasteiger charge is 2.57. The molecule has 36 heavy (non-hydrogen) atoms. The van der Waals surface area contributed by atoms with Crippen LogP contribution in [0.5, 0.6) is 5.75 Å². The van der Waals surface area contributed by atoms with Gasteiger partial charge in [0.25, 0.3) is 5.91 Å². The first-order chi connectivity index (χ1) is 17.0. The van der Waals surface area contributed by atoms with Gasteiger partial charge in [0, 0.05) is 25.6 Å². The number of likely N-dealkylation sites (tertiary alicyclic amines) is 1. The van der Waals surface area contributed by atoms with Crippen molar-refractivity contribution in [3.05, 3.63) is 23.8 Å². The number of carbonyl (C=O) groups excluding carboxylic acids is 3. The van der Waals surface area contributed by atoms with E-state index in [0.29, 0.717) is 12.5 Å². The van der Waals surface area contributed by atoms with E-state index in [1.807, 2.05) is 6.07 Å². The van der Waals surface area contributed by atoms with Crippen molar-refractivity contribution in [3.63, 3.8) is 0 Å². The summed E-state index contributed by atoms with van der Waals surface area (Å²) in [7, 11) is 1.38. The Bertz CT molecular complexity index is 1170. The molecule has 4 amide bonds. The minimum Gasteiger partial charge on any atom is -0.473 e. The maximum absolute atomic E-state index is 14.1. The van der Waals surface area contributed by atoms with Crippen LogP contribution >= 0.6 is 0 Å². The molecule has 4 atom stereocenters. The van der Waals surface area contributed by atoms with Crippen LogP contribution in [-0.4, -0.2) is 76.0 Å². The molecule has 1 aromatic carbocycles. The number of rotatable bonds is 6. The number of fused-ring (bicyclic) bond motifs is 1. The van der Waals surface area contributed by atoms with Gasteiger partial charge in [0.05, 0.1) is 12.6 Å². The van der Waals surface area contributed by atoms with Gasteiger partial charge in [-0.3, -0.25) is 14.4 Å². The van der Waals surface area contributed by atoms with E-state index in [0.717, 1.165) is 28.7 Å². The number of ether oxygens (including phenoxy) is 1. The number of benzene rings is 1. The van der Waals surface area contributed by atoms with E-state index in [2.05, 4.69) is 10.6 Å². The molecule has 2 fully saturated rings. The van der Waals surface area contributed by atoms with Crippen LogP contribution < -0.4 is 15.4 Å². The van der Waals surface area contributed by atoms with Gasteiger partial charge in [-0.2, -0.15) is 5.26 Å². The second-order valence-corrected chi connectivity index (χ2v) is 9.44. The SMILES string of the molecule is CC(NC(=O)O)C(=O)N(C)C(CC1CC1)C(=O)N1C[C@@]2(C[C@H]1C#N)Oc1cc(F)cc(F)c1NC2=O. The van der Waals surface area contributed by atoms with Crippen molar-refractivity contribution in [2.24, 2.45) is 5.92 Å². The second-order valence-electron chi connectivity index (χ2n) is 9.44. The number of anilines is 1. The van der Waals surface area contributed by atoms with E-state index < -0.39 is 59.2 Å². The summed E-state index contributed by atoms with van der Waals surface area (Å²) < 4.78 is 33.7. The third-order valence-electron chi connectivity index (χ3n) is 6.80. The Morgan fingerprint density at radius 2 is 2.08 bits per heavy atom. The van der Waals surface area contributed by atoms with Crippen molar-refractivity contribution < 1.29 is 37.8 Å². The molecular formula is C23H25F2N5O6. The molecule has 1 saturated heterocycles. The monoisotopic (exact) mass is 505 g/mol. The number of carboxylic acid groups (broad SMARTS) is 1. The molecular weight excluding hydrogens is 480 g/mol. The van der Waals surface area contributed by atoms with Gasteiger partial charge in [-0.25, -0.2) is 13.6 Å². The molecule has 2 heterocycles. The zero-order chi connectivity index (χ0) is 26.4. The summed E-state index contributed by atoms with van der Waals surface area (Å²) in [6.07, 6.45) is 0.381. The summed E-state index contributed by atoms with van der Waals surface area (Å²) in [6.45, 7) is 0.976. The molecule has 3 aliphatic rings. The molecule has 1 saturated carbocycles. The summed E-state index contributed by atoms with van der Waals surface area (Å²) in [5.41, 5.74) is -2.09. The largest absolute Gasteiger partial charge is 0.473 e. The van der Waals surface area contributed by atoms with Gasteiger partial charge >= 0.3 is 6.09 Å². The van der Waals surface area contributed by atoms with E-state index in [-0.39, 0.29) is 30.3 Å². The zero-order valence-corrected chi connectivity index (χ0v) is 19.6. The van der Waals surface area contributed by atoms with E-state index in [4.69, 9.17) is 9.84 Å². The van der Waals surface area contributed by atoms with E-state index in [1.54, 1.807) is 0 Å². The Morgan fingerprint density at radius 3 is 2.69 bits per heavy atom. The maximum atomic E-state index is 14.1. The highest BCUT2D eigenvalue weighted by molar-refractivity contribution is 6.02. The van der Waals surface area contributed by atoms with Crippen molar-refractivity contribution in [2.75, 3.05) is 18.9 Å². The fraction of sp³-hybridized carbons (Fsp3) is 0.522. The number of nitrogens with zero attached hydrogens (tertiary/aromatic N) is 3. The molecule has 1 aromatic rings. The lowest BCUT2D eigenvalue weighted by Gasteiger charge is -2.35. The number of hydrogen-bond donors (Lipinski definition) is 3. The molecule has 1 spiro atoms. The first kappa shape index (κ1) is 25.2. The predicted molar refractivity (Wildman–Crippen MR) is 119 cm³/mol. The highest BCUT2D eigenvalue weighted by atomic mass is 19.1. The van der Waals surface area contributed by atoms with Crippen LogP contribution in [0, 0.1) is 28.9 Å². The van der Waals surface area contributed by atoms with Gasteiger partial charge in [0.1, 0.15) is 29.6 Å². The summed E-state index contributed by atoms with van der Waals surface area (Å²) in [5, 5.41) is 23.1. The number of nitrogens with one attached hydrogen (secondary N) is 2. The Labute approximate surface area is 205 Å². The number of carbonyl (C=O) groups is 4. The number of nitriles is 1. The minimum absolute atomic E-state index is 0.182. The van der Waals surface area contributed by atoms with Gasteiger partial charge in [-0.05, 0) is 19.3 Å². The van der Waals surface area contributed by atoms with Crippen molar-refractivity contribution in [1.29, 1.82) is 5.26 Å². The number of likely N-dealkylation sites (N-methyl/N-ethyl adjacent to an activating group) is 1. The summed E-state index contributed by atoms with van der Waals surface area (Å²) in [5.74, 6) is -4.03. The summed E-state index contributed by atoms with van der Waals surface area (Å²) in [6, 6.07) is 0.244. The van der Waals surface area contributed by atoms with Crippen molar-refractivity contribution >= 4 is 29.5 Å². The van der Waals surface area contributed by atoms with Gasteiger partial charge < -0.3 is 30.3 Å². The smallest absolute Gasteiger partial charge is 0.405 e. The van der Waals surface area contributed by atoms with Gasteiger partial charge in [0.2, 0.25) is 17.4 Å². The van der Waals surface area contributed by atoms with E-state index in [9.17, 15) is 33.2 Å². The summed E-state index contributed by atoms with van der Waals surface area (Å²) >= 11 is 0. The molecule has 3 N–H and O–H groups in total. The molecule has 2 unspecified atom stereocenters. The highest BCUT2D eigenvalue weighted by Crippen LogP contribution is 2.42. The third-order valence-corrected chi connectivity index (χ3v) is 6.80. The zero-order valence-electron chi connectivity index (χ0n) is 19.6. The topological polar surface area (TPSA) is 152 Å². The average molecular weight is 505 g/mol. The standard InChI is InChI=1S/C23H25F2N5O6/c1-11(27-22(34)35)19(31)29(2)16(5-12-3-4-12)20(32)30-10-23(8-14(30)9-26)21(33)28-18-15(25)6-13(24)7-17(18)36-23/h6-7,11-12,14,16,27H,3-5,8,10H2,1-2H3,(H,28,33)(H,34,35)/t11?,14-,16?,23+/m0/s1. The van der Waals surface area contributed by atoms with Crippen LogP contribution in [0.15, 0.2) is 12.1 Å². The van der Waals surface area contributed by atoms with Crippen LogP contribution in [0.4, 0.5) is 19.3 Å². The third kappa shape index (κ3) is 4.62. The van der Waals surface area contributed by atoms with Crippen LogP contribution in [-0.2, 0) is 14.4 Å². The number of halogens is 2. The van der Waals surface area contributed by atoms with Crippen LogP contribution in [0.2, 0.25) is 0 Å². The van der Waals surface area contributed by atoms with E-state index in [1.165, 1.54) is 14.0 Å². The molecule has 4 rings (SSSR count). The minimum atomic E-state index is -1.76. The molecule has 0 aromatic heterocycles.